The molecule has 1 amide bonds. The van der Waals surface area contributed by atoms with Crippen molar-refractivity contribution in [1.29, 1.82) is 0 Å². The molecule has 2 aromatic rings. The molecule has 1 fully saturated rings. The molecule has 0 saturated carbocycles. The number of nitrogens with zero attached hydrogens (tertiary/aromatic N) is 3. The minimum absolute atomic E-state index is 0.0734. The summed E-state index contributed by atoms with van der Waals surface area (Å²) in [5.74, 6) is 0.706. The van der Waals surface area contributed by atoms with Crippen molar-refractivity contribution in [2.45, 2.75) is 51.7 Å². The topological polar surface area (TPSA) is 80.5 Å². The monoisotopic (exact) mass is 366 g/mol. The predicted molar refractivity (Wildman–Crippen MR) is 96.0 cm³/mol. The first-order valence-electron chi connectivity index (χ1n) is 8.47. The van der Waals surface area contributed by atoms with Gasteiger partial charge in [-0.1, -0.05) is 0 Å². The second-order valence-corrected chi connectivity index (χ2v) is 7.55. The van der Waals surface area contributed by atoms with Gasteiger partial charge in [-0.3, -0.25) is 0 Å². The molecule has 7 nitrogen and oxygen atoms in total. The molecule has 0 bridgehead atoms. The van der Waals surface area contributed by atoms with Crippen molar-refractivity contribution in [1.82, 2.24) is 15.3 Å². The van der Waals surface area contributed by atoms with E-state index in [9.17, 15) is 4.79 Å². The van der Waals surface area contributed by atoms with Crippen LogP contribution in [-0.4, -0.2) is 40.8 Å². The van der Waals surface area contributed by atoms with Crippen LogP contribution in [0.15, 0.2) is 16.7 Å². The number of anilines is 1. The van der Waals surface area contributed by atoms with Crippen molar-refractivity contribution >= 4 is 34.6 Å². The van der Waals surface area contributed by atoms with Gasteiger partial charge in [0.15, 0.2) is 11.4 Å². The molecule has 3 heterocycles. The maximum atomic E-state index is 12.0. The average molecular weight is 367 g/mol. The van der Waals surface area contributed by atoms with Crippen LogP contribution in [0, 0.1) is 0 Å². The summed E-state index contributed by atoms with van der Waals surface area (Å²) < 4.78 is 10.9. The Morgan fingerprint density at radius 3 is 2.92 bits per heavy atom. The zero-order chi connectivity index (χ0) is 18.0. The summed E-state index contributed by atoms with van der Waals surface area (Å²) in [6.07, 6.45) is 3.82. The van der Waals surface area contributed by atoms with Crippen LogP contribution in [0.5, 0.6) is 0 Å². The third-order valence-corrected chi connectivity index (χ3v) is 4.18. The third-order valence-electron chi connectivity index (χ3n) is 4.01. The van der Waals surface area contributed by atoms with E-state index >= 15 is 0 Å². The summed E-state index contributed by atoms with van der Waals surface area (Å²) >= 11 is 6.04. The molecule has 1 aliphatic rings. The highest BCUT2D eigenvalue weighted by Gasteiger charge is 2.24. The Kier molecular flexibility index (Phi) is 5.03. The number of alkyl carbamates (subject to hydrolysis) is 1. The van der Waals surface area contributed by atoms with E-state index < -0.39 is 5.60 Å². The van der Waals surface area contributed by atoms with E-state index in [0.717, 1.165) is 32.4 Å². The quantitative estimate of drug-likeness (QED) is 0.815. The second-order valence-electron chi connectivity index (χ2n) is 7.21. The number of carbonyl (C=O) groups is 1. The number of hydrogen-bond acceptors (Lipinski definition) is 6. The molecule has 25 heavy (non-hydrogen) atoms. The summed E-state index contributed by atoms with van der Waals surface area (Å²) in [5.41, 5.74) is 0.842. The van der Waals surface area contributed by atoms with Crippen LogP contribution < -0.4 is 10.2 Å². The molecule has 0 spiro atoms. The highest BCUT2D eigenvalue weighted by atomic mass is 35.5. The predicted octanol–water partition coefficient (Wildman–Crippen LogP) is 3.76. The fourth-order valence-corrected chi connectivity index (χ4v) is 3.13. The number of furan rings is 1. The van der Waals surface area contributed by atoms with Crippen molar-refractivity contribution < 1.29 is 13.9 Å². The van der Waals surface area contributed by atoms with E-state index in [1.165, 1.54) is 0 Å². The van der Waals surface area contributed by atoms with Gasteiger partial charge in [-0.2, -0.15) is 4.98 Å². The fourth-order valence-electron chi connectivity index (χ4n) is 2.96. The normalized spacial score (nSPS) is 18.9. The van der Waals surface area contributed by atoms with Crippen molar-refractivity contribution in [3.63, 3.8) is 0 Å². The van der Waals surface area contributed by atoms with Crippen LogP contribution >= 0.6 is 11.6 Å². The van der Waals surface area contributed by atoms with E-state index in [4.69, 9.17) is 20.8 Å². The number of nitrogens with one attached hydrogen (secondary N) is 1. The smallest absolute Gasteiger partial charge is 0.407 e. The average Bonchev–Trinajstić information content (AvgIpc) is 2.83. The highest BCUT2D eigenvalue weighted by molar-refractivity contribution is 6.28. The molecule has 1 N–H and O–H groups in total. The molecule has 1 aliphatic heterocycles. The molecular formula is C17H23ClN4O3. The van der Waals surface area contributed by atoms with E-state index in [1.54, 1.807) is 12.3 Å². The van der Waals surface area contributed by atoms with Gasteiger partial charge in [-0.15, -0.1) is 0 Å². The lowest BCUT2D eigenvalue weighted by atomic mass is 10.1. The van der Waals surface area contributed by atoms with Crippen LogP contribution in [0.4, 0.5) is 10.6 Å². The first kappa shape index (κ1) is 17.8. The van der Waals surface area contributed by atoms with Gasteiger partial charge < -0.3 is 19.4 Å². The standard InChI is InChI=1S/C17H23ClN4O3/c1-17(2,3)25-16(23)19-11-5-4-8-22(9-6-11)14-13-12(7-10-24-13)20-15(18)21-14/h7,10-11H,4-6,8-9H2,1-3H3,(H,19,23). The van der Waals surface area contributed by atoms with Crippen LogP contribution in [0.2, 0.25) is 5.28 Å². The van der Waals surface area contributed by atoms with E-state index in [1.807, 2.05) is 20.8 Å². The fraction of sp³-hybridized carbons (Fsp3) is 0.588. The summed E-state index contributed by atoms with van der Waals surface area (Å²) in [7, 11) is 0. The number of halogens is 1. The van der Waals surface area contributed by atoms with Gasteiger partial charge >= 0.3 is 6.09 Å². The highest BCUT2D eigenvalue weighted by Crippen LogP contribution is 2.28. The molecule has 1 saturated heterocycles. The molecular weight excluding hydrogens is 344 g/mol. The number of aromatic nitrogens is 2. The first-order valence-corrected chi connectivity index (χ1v) is 8.85. The Labute approximate surface area is 151 Å². The SMILES string of the molecule is CC(C)(C)OC(=O)NC1CCCN(c2nc(Cl)nc3ccoc23)CC1. The maximum Gasteiger partial charge on any atom is 0.407 e. The summed E-state index contributed by atoms with van der Waals surface area (Å²) in [5, 5.41) is 3.17. The van der Waals surface area contributed by atoms with Crippen LogP contribution in [0.3, 0.4) is 0 Å². The third kappa shape index (κ3) is 4.54. The Balaban J connectivity index is 1.67. The number of amides is 1. The lowest BCUT2D eigenvalue weighted by Gasteiger charge is -2.23. The molecule has 0 aliphatic carbocycles. The van der Waals surface area contributed by atoms with Crippen molar-refractivity contribution in [2.75, 3.05) is 18.0 Å². The van der Waals surface area contributed by atoms with Crippen LogP contribution in [0.1, 0.15) is 40.0 Å². The number of hydrogen-bond donors (Lipinski definition) is 1. The van der Waals surface area contributed by atoms with Gasteiger partial charge in [0.05, 0.1) is 6.26 Å². The number of fused-ring (bicyclic) bond motifs is 1. The van der Waals surface area contributed by atoms with Crippen LogP contribution in [-0.2, 0) is 4.74 Å². The summed E-state index contributed by atoms with van der Waals surface area (Å²) in [6.45, 7) is 7.12. The van der Waals surface area contributed by atoms with Gasteiger partial charge in [0.25, 0.3) is 0 Å². The Hall–Kier alpha value is -2.02. The van der Waals surface area contributed by atoms with E-state index in [-0.39, 0.29) is 17.4 Å². The van der Waals surface area contributed by atoms with Crippen molar-refractivity contribution in [3.8, 4) is 0 Å². The zero-order valence-corrected chi connectivity index (χ0v) is 15.5. The van der Waals surface area contributed by atoms with Gasteiger partial charge in [-0.25, -0.2) is 9.78 Å². The number of rotatable bonds is 2. The van der Waals surface area contributed by atoms with Crippen molar-refractivity contribution in [2.24, 2.45) is 0 Å². The lowest BCUT2D eigenvalue weighted by molar-refractivity contribution is 0.0501. The summed E-state index contributed by atoms with van der Waals surface area (Å²) in [4.78, 5) is 22.6. The Morgan fingerprint density at radius 1 is 1.36 bits per heavy atom. The summed E-state index contributed by atoms with van der Waals surface area (Å²) in [6, 6.07) is 1.85. The maximum absolute atomic E-state index is 12.0. The minimum atomic E-state index is -0.497. The molecule has 2 aromatic heterocycles. The largest absolute Gasteiger partial charge is 0.459 e. The van der Waals surface area contributed by atoms with Crippen molar-refractivity contribution in [3.05, 3.63) is 17.6 Å². The van der Waals surface area contributed by atoms with E-state index in [2.05, 4.69) is 20.2 Å². The van der Waals surface area contributed by atoms with Gasteiger partial charge in [0, 0.05) is 25.2 Å². The molecule has 136 valence electrons. The number of carbonyl (C=O) groups excluding carboxylic acids is 1. The minimum Gasteiger partial charge on any atom is -0.459 e. The van der Waals surface area contributed by atoms with Gasteiger partial charge in [0.2, 0.25) is 5.28 Å². The molecule has 1 unspecified atom stereocenters. The molecule has 3 rings (SSSR count). The lowest BCUT2D eigenvalue weighted by Crippen LogP contribution is -2.39. The zero-order valence-electron chi connectivity index (χ0n) is 14.7. The molecule has 1 atom stereocenters. The second kappa shape index (κ2) is 7.07. The molecule has 0 aromatic carbocycles. The number of ether oxygens (including phenoxy) is 1. The van der Waals surface area contributed by atoms with Gasteiger partial charge in [-0.05, 0) is 51.6 Å². The van der Waals surface area contributed by atoms with E-state index in [0.29, 0.717) is 16.9 Å². The first-order chi connectivity index (χ1) is 11.8. The van der Waals surface area contributed by atoms with Gasteiger partial charge in [0.1, 0.15) is 11.1 Å². The molecule has 0 radical (unpaired) electrons. The molecule has 8 heteroatoms. The Bertz CT molecular complexity index is 756. The van der Waals surface area contributed by atoms with Crippen LogP contribution in [0.25, 0.3) is 11.1 Å². The Morgan fingerprint density at radius 2 is 2.16 bits per heavy atom.